The number of hydrogen-bond donors (Lipinski definition) is 1. The topological polar surface area (TPSA) is 75.9 Å². The quantitative estimate of drug-likeness (QED) is 0.858. The molecule has 4 atom stereocenters. The van der Waals surface area contributed by atoms with Crippen LogP contribution in [-0.4, -0.2) is 49.9 Å². The van der Waals surface area contributed by atoms with Crippen molar-refractivity contribution >= 4 is 27.9 Å². The van der Waals surface area contributed by atoms with Crippen molar-refractivity contribution in [1.29, 1.82) is 0 Å². The molecule has 3 saturated heterocycles. The molecule has 2 unspecified atom stereocenters. The van der Waals surface area contributed by atoms with E-state index in [2.05, 4.69) is 37.8 Å². The van der Waals surface area contributed by atoms with E-state index >= 15 is 0 Å². The highest BCUT2D eigenvalue weighted by Crippen LogP contribution is 2.37. The van der Waals surface area contributed by atoms with Crippen LogP contribution in [0.1, 0.15) is 37.8 Å². The third kappa shape index (κ3) is 3.43. The van der Waals surface area contributed by atoms with Gasteiger partial charge >= 0.3 is 0 Å². The predicted molar refractivity (Wildman–Crippen MR) is 104 cm³/mol. The summed E-state index contributed by atoms with van der Waals surface area (Å²) in [6.45, 7) is 2.76. The lowest BCUT2D eigenvalue weighted by atomic mass is 9.75. The average molecular weight is 385 g/mol. The number of hydrogen-bond acceptors (Lipinski definition) is 6. The summed E-state index contributed by atoms with van der Waals surface area (Å²) in [6.07, 6.45) is 11.7. The second kappa shape index (κ2) is 7.16. The van der Waals surface area contributed by atoms with E-state index in [4.69, 9.17) is 0 Å². The van der Waals surface area contributed by atoms with E-state index in [1.54, 1.807) is 6.20 Å². The summed E-state index contributed by atoms with van der Waals surface area (Å²) in [5, 5.41) is 14.3. The molecule has 0 aromatic carbocycles. The number of nitrogens with zero attached hydrogens (tertiary/aromatic N) is 5. The molecule has 7 nitrogen and oxygen atoms in total. The van der Waals surface area contributed by atoms with E-state index in [9.17, 15) is 4.79 Å². The van der Waals surface area contributed by atoms with E-state index in [0.29, 0.717) is 17.1 Å². The van der Waals surface area contributed by atoms with E-state index in [0.717, 1.165) is 51.0 Å². The number of amides is 1. The SMILES string of the molecule is O=C(Nc1nccs1)[C@H]1CN2CCC1C[C@@H]2Cn1cc(C2=CCCC2)nn1. The van der Waals surface area contributed by atoms with Gasteiger partial charge in [-0.25, -0.2) is 4.98 Å². The Hall–Kier alpha value is -2.06. The zero-order chi connectivity index (χ0) is 18.2. The molecule has 3 aliphatic heterocycles. The number of fused-ring (bicyclic) bond motifs is 3. The fourth-order valence-electron chi connectivity index (χ4n) is 4.76. The van der Waals surface area contributed by atoms with Crippen molar-refractivity contribution in [3.05, 3.63) is 29.5 Å². The number of rotatable bonds is 5. The Morgan fingerprint density at radius 3 is 3.11 bits per heavy atom. The largest absolute Gasteiger partial charge is 0.302 e. The minimum absolute atomic E-state index is 0.0638. The lowest BCUT2D eigenvalue weighted by molar-refractivity contribution is -0.127. The number of carbonyl (C=O) groups is 1. The van der Waals surface area contributed by atoms with Crippen LogP contribution in [-0.2, 0) is 11.3 Å². The standard InChI is InChI=1S/C19H24N6OS/c26-18(21-19-20-6-8-27-19)16-11-24-7-5-14(16)9-15(24)10-25-12-17(22-23-25)13-3-1-2-4-13/h3,6,8,12,14-16H,1-2,4-5,7,9-11H2,(H,20,21,26)/t14?,15-,16+/m1/s1. The molecule has 2 bridgehead atoms. The van der Waals surface area contributed by atoms with Crippen LogP contribution in [0.25, 0.3) is 5.57 Å². The molecule has 1 amide bonds. The minimum atomic E-state index is 0.0638. The molecule has 5 heterocycles. The molecule has 6 rings (SSSR count). The highest BCUT2D eigenvalue weighted by molar-refractivity contribution is 7.13. The number of nitrogens with one attached hydrogen (secondary N) is 1. The molecule has 3 fully saturated rings. The van der Waals surface area contributed by atoms with Gasteiger partial charge in [0.25, 0.3) is 0 Å². The van der Waals surface area contributed by atoms with E-state index in [1.807, 2.05) is 10.1 Å². The van der Waals surface area contributed by atoms with Crippen molar-refractivity contribution in [3.8, 4) is 0 Å². The highest BCUT2D eigenvalue weighted by atomic mass is 32.1. The minimum Gasteiger partial charge on any atom is -0.302 e. The summed E-state index contributed by atoms with van der Waals surface area (Å²) in [7, 11) is 0. The summed E-state index contributed by atoms with van der Waals surface area (Å²) in [5.41, 5.74) is 2.37. The van der Waals surface area contributed by atoms with Gasteiger partial charge in [-0.2, -0.15) is 0 Å². The smallest absolute Gasteiger partial charge is 0.230 e. The summed E-state index contributed by atoms with van der Waals surface area (Å²) >= 11 is 1.47. The van der Waals surface area contributed by atoms with Crippen molar-refractivity contribution in [3.63, 3.8) is 0 Å². The van der Waals surface area contributed by atoms with E-state index < -0.39 is 0 Å². The van der Waals surface area contributed by atoms with Gasteiger partial charge < -0.3 is 5.32 Å². The number of piperidine rings is 3. The molecule has 0 radical (unpaired) electrons. The Kier molecular flexibility index (Phi) is 4.53. The summed E-state index contributed by atoms with van der Waals surface area (Å²) in [6, 6.07) is 0.444. The third-order valence-electron chi connectivity index (χ3n) is 6.18. The number of aromatic nitrogens is 4. The molecule has 1 aliphatic carbocycles. The predicted octanol–water partition coefficient (Wildman–Crippen LogP) is 2.65. The fourth-order valence-corrected chi connectivity index (χ4v) is 5.29. The van der Waals surface area contributed by atoms with Gasteiger partial charge in [0.15, 0.2) is 5.13 Å². The molecule has 0 spiro atoms. The summed E-state index contributed by atoms with van der Waals surface area (Å²) in [4.78, 5) is 19.3. The Labute approximate surface area is 162 Å². The number of thiazole rings is 1. The number of allylic oxidation sites excluding steroid dienone is 2. The van der Waals surface area contributed by atoms with Crippen molar-refractivity contribution in [2.24, 2.45) is 11.8 Å². The second-order valence-corrected chi connectivity index (χ2v) is 8.71. The lowest BCUT2D eigenvalue weighted by Crippen LogP contribution is -2.57. The lowest BCUT2D eigenvalue weighted by Gasteiger charge is -2.49. The normalized spacial score (nSPS) is 29.7. The van der Waals surface area contributed by atoms with Gasteiger partial charge in [0.1, 0.15) is 5.69 Å². The molecule has 4 aliphatic rings. The maximum Gasteiger partial charge on any atom is 0.230 e. The molecular formula is C19H24N6OS. The molecule has 2 aromatic rings. The first kappa shape index (κ1) is 17.1. The van der Waals surface area contributed by atoms with Crippen molar-refractivity contribution in [2.45, 2.75) is 44.7 Å². The highest BCUT2D eigenvalue weighted by Gasteiger charge is 2.43. The Morgan fingerprint density at radius 2 is 2.37 bits per heavy atom. The zero-order valence-electron chi connectivity index (χ0n) is 15.3. The Bertz CT molecular complexity index is 844. The van der Waals surface area contributed by atoms with Gasteiger partial charge in [-0.05, 0) is 50.1 Å². The van der Waals surface area contributed by atoms with Crippen LogP contribution in [0.15, 0.2) is 23.8 Å². The first-order valence-corrected chi connectivity index (χ1v) is 10.7. The van der Waals surface area contributed by atoms with Crippen molar-refractivity contribution < 1.29 is 4.79 Å². The van der Waals surface area contributed by atoms with Crippen LogP contribution in [0, 0.1) is 11.8 Å². The van der Waals surface area contributed by atoms with Gasteiger partial charge in [0, 0.05) is 24.2 Å². The van der Waals surface area contributed by atoms with Crippen LogP contribution in [0.4, 0.5) is 5.13 Å². The van der Waals surface area contributed by atoms with E-state index in [1.165, 1.54) is 23.3 Å². The zero-order valence-corrected chi connectivity index (χ0v) is 16.1. The fraction of sp³-hybridized carbons (Fsp3) is 0.579. The number of anilines is 1. The first-order valence-electron chi connectivity index (χ1n) is 9.80. The van der Waals surface area contributed by atoms with Gasteiger partial charge in [-0.15, -0.1) is 16.4 Å². The van der Waals surface area contributed by atoms with Gasteiger partial charge in [0.05, 0.1) is 18.7 Å². The first-order chi connectivity index (χ1) is 13.3. The van der Waals surface area contributed by atoms with Crippen molar-refractivity contribution in [1.82, 2.24) is 24.9 Å². The van der Waals surface area contributed by atoms with Crippen LogP contribution in [0.5, 0.6) is 0 Å². The van der Waals surface area contributed by atoms with Crippen LogP contribution in [0.2, 0.25) is 0 Å². The molecule has 142 valence electrons. The van der Waals surface area contributed by atoms with Crippen molar-refractivity contribution in [2.75, 3.05) is 18.4 Å². The molecule has 2 aromatic heterocycles. The maximum atomic E-state index is 12.7. The van der Waals surface area contributed by atoms with Crippen LogP contribution >= 0.6 is 11.3 Å². The molecular weight excluding hydrogens is 360 g/mol. The Balaban J connectivity index is 1.22. The number of carbonyl (C=O) groups excluding carboxylic acids is 1. The monoisotopic (exact) mass is 384 g/mol. The van der Waals surface area contributed by atoms with Crippen LogP contribution in [0.3, 0.4) is 0 Å². The van der Waals surface area contributed by atoms with Gasteiger partial charge in [-0.1, -0.05) is 11.3 Å². The summed E-state index contributed by atoms with van der Waals surface area (Å²) < 4.78 is 1.99. The molecule has 1 N–H and O–H groups in total. The molecule has 27 heavy (non-hydrogen) atoms. The molecule has 8 heteroatoms. The summed E-state index contributed by atoms with van der Waals surface area (Å²) in [5.74, 6) is 0.628. The molecule has 0 saturated carbocycles. The second-order valence-electron chi connectivity index (χ2n) is 7.81. The van der Waals surface area contributed by atoms with Gasteiger partial charge in [-0.3, -0.25) is 14.4 Å². The maximum absolute atomic E-state index is 12.7. The Morgan fingerprint density at radius 1 is 1.41 bits per heavy atom. The van der Waals surface area contributed by atoms with Crippen LogP contribution < -0.4 is 5.32 Å². The third-order valence-corrected chi connectivity index (χ3v) is 6.87. The average Bonchev–Trinajstić information content (AvgIpc) is 3.45. The van der Waals surface area contributed by atoms with Gasteiger partial charge in [0.2, 0.25) is 5.91 Å². The van der Waals surface area contributed by atoms with E-state index in [-0.39, 0.29) is 11.8 Å².